The van der Waals surface area contributed by atoms with Gasteiger partial charge < -0.3 is 10.6 Å². The molecule has 1 aliphatic carbocycles. The van der Waals surface area contributed by atoms with E-state index in [0.29, 0.717) is 0 Å². The van der Waals surface area contributed by atoms with Crippen molar-refractivity contribution in [2.75, 3.05) is 14.1 Å². The van der Waals surface area contributed by atoms with Crippen LogP contribution in [0.4, 0.5) is 0 Å². The fourth-order valence-corrected chi connectivity index (χ4v) is 1.26. The van der Waals surface area contributed by atoms with Crippen LogP contribution in [0.3, 0.4) is 0 Å². The molecule has 1 aliphatic rings. The predicted octanol–water partition coefficient (Wildman–Crippen LogP) is 2.07. The van der Waals surface area contributed by atoms with Crippen LogP contribution in [-0.4, -0.2) is 30.8 Å². The van der Waals surface area contributed by atoms with Crippen LogP contribution in [0.2, 0.25) is 0 Å². The van der Waals surface area contributed by atoms with Crippen molar-refractivity contribution in [3.63, 3.8) is 0 Å². The smallest absolute Gasteiger partial charge is 0.222 e. The van der Waals surface area contributed by atoms with Crippen molar-refractivity contribution < 1.29 is 0 Å². The van der Waals surface area contributed by atoms with Crippen molar-refractivity contribution >= 4 is 11.8 Å². The summed E-state index contributed by atoms with van der Waals surface area (Å²) in [5, 5.41) is 0. The van der Waals surface area contributed by atoms with E-state index in [9.17, 15) is 0 Å². The van der Waals surface area contributed by atoms with Gasteiger partial charge in [0.1, 0.15) is 5.84 Å². The Morgan fingerprint density at radius 1 is 1.41 bits per heavy atom. The fourth-order valence-electron chi connectivity index (χ4n) is 1.26. The number of hydrogen-bond acceptors (Lipinski definition) is 1. The van der Waals surface area contributed by atoms with Crippen LogP contribution in [0.1, 0.15) is 20.3 Å². The highest BCUT2D eigenvalue weighted by molar-refractivity contribution is 5.94. The minimum Gasteiger partial charge on any atom is -0.368 e. The van der Waals surface area contributed by atoms with Crippen LogP contribution in [0.15, 0.2) is 45.6 Å². The maximum Gasteiger partial charge on any atom is 0.222 e. The van der Waals surface area contributed by atoms with Gasteiger partial charge in [0.2, 0.25) is 5.96 Å². The van der Waals surface area contributed by atoms with Crippen LogP contribution in [-0.2, 0) is 0 Å². The van der Waals surface area contributed by atoms with E-state index in [1.807, 2.05) is 45.0 Å². The van der Waals surface area contributed by atoms with Gasteiger partial charge in [0.05, 0.1) is 5.70 Å². The average Bonchev–Trinajstić information content (AvgIpc) is 2.44. The maximum absolute atomic E-state index is 5.80. The molecule has 0 aromatic heterocycles. The first kappa shape index (κ1) is 13.2. The Labute approximate surface area is 103 Å². The molecular weight excluding hydrogens is 212 g/mol. The molecule has 2 N–H and O–H groups in total. The summed E-state index contributed by atoms with van der Waals surface area (Å²) in [5.41, 5.74) is 7.79. The van der Waals surface area contributed by atoms with Gasteiger partial charge in [-0.2, -0.15) is 0 Å². The molecule has 92 valence electrons. The number of guanidine groups is 1. The SMILES string of the molecule is CC1=CCC=CC=C1N=C(N)/N=C(\C)N(C)C. The Morgan fingerprint density at radius 3 is 2.76 bits per heavy atom. The molecule has 0 saturated carbocycles. The maximum atomic E-state index is 5.80. The number of nitrogens with two attached hydrogens (primary N) is 1. The average molecular weight is 232 g/mol. The predicted molar refractivity (Wildman–Crippen MR) is 74.0 cm³/mol. The second-order valence-corrected chi connectivity index (χ2v) is 4.13. The Morgan fingerprint density at radius 2 is 2.12 bits per heavy atom. The topological polar surface area (TPSA) is 54.0 Å². The third-order valence-electron chi connectivity index (χ3n) is 2.51. The standard InChI is InChI=1S/C13H20N4/c1-10-8-6-5-7-9-12(10)16-13(14)15-11(2)17(3)4/h5,7-9H,6H2,1-4H3,(H2,14,16)/b15-11+. The van der Waals surface area contributed by atoms with Gasteiger partial charge in [-0.1, -0.05) is 18.2 Å². The lowest BCUT2D eigenvalue weighted by Gasteiger charge is -2.10. The Hall–Kier alpha value is -1.84. The van der Waals surface area contributed by atoms with Crippen LogP contribution in [0, 0.1) is 0 Å². The van der Waals surface area contributed by atoms with Crippen molar-refractivity contribution in [2.24, 2.45) is 15.7 Å². The summed E-state index contributed by atoms with van der Waals surface area (Å²) >= 11 is 0. The van der Waals surface area contributed by atoms with Crippen molar-refractivity contribution in [1.82, 2.24) is 4.90 Å². The van der Waals surface area contributed by atoms with Gasteiger partial charge >= 0.3 is 0 Å². The van der Waals surface area contributed by atoms with Gasteiger partial charge in [-0.3, -0.25) is 0 Å². The second kappa shape index (κ2) is 6.03. The number of allylic oxidation sites excluding steroid dienone is 5. The lowest BCUT2D eigenvalue weighted by molar-refractivity contribution is 0.619. The Kier molecular flexibility index (Phi) is 4.69. The molecule has 1 rings (SSSR count). The second-order valence-electron chi connectivity index (χ2n) is 4.13. The molecule has 0 fully saturated rings. The zero-order valence-electron chi connectivity index (χ0n) is 10.9. The molecular formula is C13H20N4. The third-order valence-corrected chi connectivity index (χ3v) is 2.51. The van der Waals surface area contributed by atoms with Gasteiger partial charge in [-0.25, -0.2) is 9.98 Å². The van der Waals surface area contributed by atoms with Crippen LogP contribution in [0.25, 0.3) is 0 Å². The minimum absolute atomic E-state index is 0.283. The number of amidine groups is 1. The van der Waals surface area contributed by atoms with Gasteiger partial charge in [0.25, 0.3) is 0 Å². The lowest BCUT2D eigenvalue weighted by Crippen LogP contribution is -2.22. The molecule has 0 radical (unpaired) electrons. The lowest BCUT2D eigenvalue weighted by atomic mass is 10.2. The summed E-state index contributed by atoms with van der Waals surface area (Å²) in [4.78, 5) is 10.4. The molecule has 17 heavy (non-hydrogen) atoms. The summed E-state index contributed by atoms with van der Waals surface area (Å²) in [7, 11) is 3.84. The molecule has 0 aromatic carbocycles. The van der Waals surface area contributed by atoms with Gasteiger partial charge in [0.15, 0.2) is 0 Å². The summed E-state index contributed by atoms with van der Waals surface area (Å²) in [6.07, 6.45) is 9.07. The number of rotatable bonds is 1. The van der Waals surface area contributed by atoms with E-state index in [1.54, 1.807) is 0 Å². The number of nitrogens with zero attached hydrogens (tertiary/aromatic N) is 3. The van der Waals surface area contributed by atoms with Crippen molar-refractivity contribution in [3.8, 4) is 0 Å². The molecule has 0 unspecified atom stereocenters. The number of hydrogen-bond donors (Lipinski definition) is 1. The quantitative estimate of drug-likeness (QED) is 0.556. The molecule has 0 spiro atoms. The Balaban J connectivity index is 2.92. The molecule has 0 aromatic rings. The van der Waals surface area contributed by atoms with Crippen molar-refractivity contribution in [2.45, 2.75) is 20.3 Å². The molecule has 0 bridgehead atoms. The van der Waals surface area contributed by atoms with E-state index in [-0.39, 0.29) is 5.96 Å². The first-order valence-electron chi connectivity index (χ1n) is 5.61. The summed E-state index contributed by atoms with van der Waals surface area (Å²) in [6.45, 7) is 3.92. The first-order valence-corrected chi connectivity index (χ1v) is 5.61. The molecule has 4 heteroatoms. The third kappa shape index (κ3) is 4.26. The van der Waals surface area contributed by atoms with Crippen molar-refractivity contribution in [1.29, 1.82) is 0 Å². The van der Waals surface area contributed by atoms with Gasteiger partial charge in [-0.05, 0) is 31.9 Å². The van der Waals surface area contributed by atoms with Gasteiger partial charge in [0, 0.05) is 14.1 Å². The highest BCUT2D eigenvalue weighted by Gasteiger charge is 2.01. The molecule has 0 amide bonds. The molecule has 0 aliphatic heterocycles. The van der Waals surface area contributed by atoms with Gasteiger partial charge in [-0.15, -0.1) is 0 Å². The monoisotopic (exact) mass is 232 g/mol. The largest absolute Gasteiger partial charge is 0.368 e. The zero-order chi connectivity index (χ0) is 12.8. The molecule has 0 heterocycles. The van der Waals surface area contributed by atoms with E-state index >= 15 is 0 Å². The highest BCUT2D eigenvalue weighted by atomic mass is 15.2. The van der Waals surface area contributed by atoms with Crippen LogP contribution < -0.4 is 5.73 Å². The van der Waals surface area contributed by atoms with E-state index in [4.69, 9.17) is 5.73 Å². The van der Waals surface area contributed by atoms with E-state index in [0.717, 1.165) is 23.5 Å². The van der Waals surface area contributed by atoms with Crippen LogP contribution >= 0.6 is 0 Å². The molecule has 0 saturated heterocycles. The molecule has 4 nitrogen and oxygen atoms in total. The highest BCUT2D eigenvalue weighted by Crippen LogP contribution is 2.15. The zero-order valence-corrected chi connectivity index (χ0v) is 10.9. The summed E-state index contributed by atoms with van der Waals surface area (Å²) in [6, 6.07) is 0. The summed E-state index contributed by atoms with van der Waals surface area (Å²) < 4.78 is 0. The fraction of sp³-hybridized carbons (Fsp3) is 0.385. The van der Waals surface area contributed by atoms with E-state index in [1.165, 1.54) is 0 Å². The van der Waals surface area contributed by atoms with Crippen molar-refractivity contribution in [3.05, 3.63) is 35.6 Å². The molecule has 0 atom stereocenters. The minimum atomic E-state index is 0.283. The first-order chi connectivity index (χ1) is 8.00. The summed E-state index contributed by atoms with van der Waals surface area (Å²) in [5.74, 6) is 1.11. The number of aliphatic imine (C=N–C) groups is 2. The van der Waals surface area contributed by atoms with E-state index in [2.05, 4.69) is 22.1 Å². The van der Waals surface area contributed by atoms with Crippen LogP contribution in [0.5, 0.6) is 0 Å². The normalized spacial score (nSPS) is 17.4. The Bertz CT molecular complexity index is 423. The van der Waals surface area contributed by atoms with E-state index < -0.39 is 0 Å².